The third-order valence-corrected chi connectivity index (χ3v) is 3.92. The van der Waals surface area contributed by atoms with Crippen LogP contribution in [0.2, 0.25) is 0 Å². The van der Waals surface area contributed by atoms with Crippen LogP contribution in [0.3, 0.4) is 0 Å². The Morgan fingerprint density at radius 1 is 1.53 bits per heavy atom. The number of fused-ring (bicyclic) bond motifs is 1. The van der Waals surface area contributed by atoms with Gasteiger partial charge < -0.3 is 0 Å². The van der Waals surface area contributed by atoms with Crippen molar-refractivity contribution in [2.45, 2.75) is 25.7 Å². The summed E-state index contributed by atoms with van der Waals surface area (Å²) in [5.74, 6) is 2.33. The molecule has 3 nitrogen and oxygen atoms in total. The summed E-state index contributed by atoms with van der Waals surface area (Å²) in [6.45, 7) is 0. The van der Waals surface area contributed by atoms with Gasteiger partial charge in [0.15, 0.2) is 0 Å². The van der Waals surface area contributed by atoms with Crippen molar-refractivity contribution in [1.82, 2.24) is 9.78 Å². The molecule has 3 rings (SSSR count). The Hall–Kier alpha value is -1.12. The highest BCUT2D eigenvalue weighted by Gasteiger charge is 2.55. The average Bonchev–Trinajstić information content (AvgIpc) is 2.60. The standard InChI is InChI=1S/C12H16N2O/c1-14-7-8(6-13-14)5-11(15)12-9-3-2-4-10(9)12/h6-7,9-10,12H,2-5H2,1H3. The Kier molecular flexibility index (Phi) is 1.94. The predicted molar refractivity (Wildman–Crippen MR) is 56.2 cm³/mol. The van der Waals surface area contributed by atoms with Crippen LogP contribution in [0.25, 0.3) is 0 Å². The molecule has 1 aromatic rings. The topological polar surface area (TPSA) is 34.9 Å². The quantitative estimate of drug-likeness (QED) is 0.749. The normalized spacial score (nSPS) is 32.7. The van der Waals surface area contributed by atoms with E-state index in [-0.39, 0.29) is 0 Å². The third-order valence-electron chi connectivity index (χ3n) is 3.92. The number of carbonyl (C=O) groups is 1. The lowest BCUT2D eigenvalue weighted by atomic mass is 10.0. The Morgan fingerprint density at radius 2 is 2.27 bits per heavy atom. The van der Waals surface area contributed by atoms with Crippen molar-refractivity contribution in [2.24, 2.45) is 24.8 Å². The summed E-state index contributed by atoms with van der Waals surface area (Å²) in [6.07, 6.45) is 8.24. The summed E-state index contributed by atoms with van der Waals surface area (Å²) in [5, 5.41) is 4.09. The van der Waals surface area contributed by atoms with Crippen LogP contribution in [0, 0.1) is 17.8 Å². The molecule has 1 heterocycles. The summed E-state index contributed by atoms with van der Waals surface area (Å²) in [6, 6.07) is 0. The first-order chi connectivity index (χ1) is 7.25. The fourth-order valence-corrected chi connectivity index (χ4v) is 3.18. The number of Topliss-reactive ketones (excluding diaryl/α,β-unsaturated/α-hetero) is 1. The molecule has 0 aliphatic heterocycles. The lowest BCUT2D eigenvalue weighted by molar-refractivity contribution is -0.120. The number of rotatable bonds is 3. The van der Waals surface area contributed by atoms with E-state index in [0.717, 1.165) is 17.4 Å². The maximum absolute atomic E-state index is 12.0. The molecule has 2 unspecified atom stereocenters. The van der Waals surface area contributed by atoms with Gasteiger partial charge in [-0.3, -0.25) is 9.48 Å². The number of aromatic nitrogens is 2. The Balaban J connectivity index is 1.63. The van der Waals surface area contributed by atoms with Crippen molar-refractivity contribution >= 4 is 5.78 Å². The molecule has 3 heteroatoms. The van der Waals surface area contributed by atoms with Crippen molar-refractivity contribution in [3.63, 3.8) is 0 Å². The molecule has 0 amide bonds. The maximum Gasteiger partial charge on any atom is 0.141 e. The van der Waals surface area contributed by atoms with Crippen LogP contribution >= 0.6 is 0 Å². The van der Waals surface area contributed by atoms with Gasteiger partial charge in [-0.05, 0) is 30.2 Å². The van der Waals surface area contributed by atoms with Crippen molar-refractivity contribution in [3.8, 4) is 0 Å². The van der Waals surface area contributed by atoms with Gasteiger partial charge in [0.1, 0.15) is 5.78 Å². The molecule has 2 fully saturated rings. The van der Waals surface area contributed by atoms with E-state index in [4.69, 9.17) is 0 Å². The molecule has 2 aliphatic carbocycles. The molecule has 0 aromatic carbocycles. The van der Waals surface area contributed by atoms with E-state index in [1.165, 1.54) is 19.3 Å². The minimum Gasteiger partial charge on any atom is -0.299 e. The minimum atomic E-state index is 0.402. The zero-order chi connectivity index (χ0) is 10.4. The highest BCUT2D eigenvalue weighted by Crippen LogP contribution is 2.58. The summed E-state index contributed by atoms with van der Waals surface area (Å²) in [5.41, 5.74) is 1.06. The van der Waals surface area contributed by atoms with Gasteiger partial charge in [0.25, 0.3) is 0 Å². The van der Waals surface area contributed by atoms with Crippen molar-refractivity contribution in [1.29, 1.82) is 0 Å². The number of carbonyl (C=O) groups excluding carboxylic acids is 1. The predicted octanol–water partition coefficient (Wildman–Crippen LogP) is 1.58. The average molecular weight is 204 g/mol. The fourth-order valence-electron chi connectivity index (χ4n) is 3.18. The Bertz CT molecular complexity index is 386. The van der Waals surface area contributed by atoms with Crippen molar-refractivity contribution < 1.29 is 4.79 Å². The van der Waals surface area contributed by atoms with Crippen LogP contribution in [-0.2, 0) is 18.3 Å². The van der Waals surface area contributed by atoms with Crippen LogP contribution in [0.5, 0.6) is 0 Å². The molecule has 0 saturated heterocycles. The molecular weight excluding hydrogens is 188 g/mol. The molecule has 15 heavy (non-hydrogen) atoms. The Labute approximate surface area is 89.5 Å². The van der Waals surface area contributed by atoms with E-state index in [0.29, 0.717) is 18.1 Å². The van der Waals surface area contributed by atoms with Gasteiger partial charge in [0.05, 0.1) is 6.20 Å². The molecule has 2 atom stereocenters. The van der Waals surface area contributed by atoms with Crippen molar-refractivity contribution in [2.75, 3.05) is 0 Å². The van der Waals surface area contributed by atoms with Gasteiger partial charge in [-0.2, -0.15) is 5.10 Å². The highest BCUT2D eigenvalue weighted by atomic mass is 16.1. The molecular formula is C12H16N2O. The first-order valence-corrected chi connectivity index (χ1v) is 5.76. The smallest absolute Gasteiger partial charge is 0.141 e. The number of hydrogen-bond acceptors (Lipinski definition) is 2. The Morgan fingerprint density at radius 3 is 2.87 bits per heavy atom. The number of aryl methyl sites for hydroxylation is 1. The molecule has 0 bridgehead atoms. The van der Waals surface area contributed by atoms with E-state index in [1.807, 2.05) is 13.2 Å². The summed E-state index contributed by atoms with van der Waals surface area (Å²) in [4.78, 5) is 12.0. The van der Waals surface area contributed by atoms with Crippen molar-refractivity contribution in [3.05, 3.63) is 18.0 Å². The van der Waals surface area contributed by atoms with E-state index < -0.39 is 0 Å². The van der Waals surface area contributed by atoms with Gasteiger partial charge in [-0.15, -0.1) is 0 Å². The fraction of sp³-hybridized carbons (Fsp3) is 0.667. The second-order valence-electron chi connectivity index (χ2n) is 4.95. The molecule has 80 valence electrons. The van der Waals surface area contributed by atoms with Crippen LogP contribution in [0.1, 0.15) is 24.8 Å². The lowest BCUT2D eigenvalue weighted by Gasteiger charge is -2.00. The highest BCUT2D eigenvalue weighted by molar-refractivity contribution is 5.86. The summed E-state index contributed by atoms with van der Waals surface area (Å²) in [7, 11) is 1.89. The zero-order valence-corrected chi connectivity index (χ0v) is 9.02. The SMILES string of the molecule is Cn1cc(CC(=O)C2C3CCCC32)cn1. The minimum absolute atomic E-state index is 0.402. The van der Waals surface area contributed by atoms with E-state index in [1.54, 1.807) is 10.9 Å². The first-order valence-electron chi connectivity index (χ1n) is 5.76. The number of nitrogens with zero attached hydrogens (tertiary/aromatic N) is 2. The van der Waals surface area contributed by atoms with Crippen LogP contribution < -0.4 is 0 Å². The zero-order valence-electron chi connectivity index (χ0n) is 9.02. The van der Waals surface area contributed by atoms with E-state index in [9.17, 15) is 4.79 Å². The number of hydrogen-bond donors (Lipinski definition) is 0. The summed E-state index contributed by atoms with van der Waals surface area (Å²) < 4.78 is 1.76. The second kappa shape index (κ2) is 3.19. The third kappa shape index (κ3) is 1.50. The van der Waals surface area contributed by atoms with Crippen LogP contribution in [-0.4, -0.2) is 15.6 Å². The van der Waals surface area contributed by atoms with E-state index >= 15 is 0 Å². The molecule has 1 aromatic heterocycles. The van der Waals surface area contributed by atoms with Gasteiger partial charge in [-0.1, -0.05) is 6.42 Å². The monoisotopic (exact) mass is 204 g/mol. The largest absolute Gasteiger partial charge is 0.299 e. The molecule has 0 N–H and O–H groups in total. The first kappa shape index (κ1) is 9.13. The van der Waals surface area contributed by atoms with Gasteiger partial charge in [-0.25, -0.2) is 0 Å². The molecule has 2 aliphatic rings. The van der Waals surface area contributed by atoms with E-state index in [2.05, 4.69) is 5.10 Å². The summed E-state index contributed by atoms with van der Waals surface area (Å²) >= 11 is 0. The molecule has 0 radical (unpaired) electrons. The molecule has 0 spiro atoms. The number of ketones is 1. The second-order valence-corrected chi connectivity index (χ2v) is 4.95. The van der Waals surface area contributed by atoms with Gasteiger partial charge in [0.2, 0.25) is 0 Å². The maximum atomic E-state index is 12.0. The van der Waals surface area contributed by atoms with Crippen LogP contribution in [0.4, 0.5) is 0 Å². The van der Waals surface area contributed by atoms with Gasteiger partial charge >= 0.3 is 0 Å². The van der Waals surface area contributed by atoms with Crippen LogP contribution in [0.15, 0.2) is 12.4 Å². The van der Waals surface area contributed by atoms with Gasteiger partial charge in [0, 0.05) is 25.6 Å². The lowest BCUT2D eigenvalue weighted by Crippen LogP contribution is -2.08. The molecule has 2 saturated carbocycles.